The minimum atomic E-state index is -0.610. The van der Waals surface area contributed by atoms with E-state index in [4.69, 9.17) is 17.1 Å². The molecule has 13 heavy (non-hydrogen) atoms. The summed E-state index contributed by atoms with van der Waals surface area (Å²) in [5, 5.41) is 3.74. The van der Waals surface area contributed by atoms with Crippen LogP contribution in [0.25, 0.3) is 0 Å². The van der Waals surface area contributed by atoms with Crippen LogP contribution in [-0.2, 0) is 0 Å². The number of Topliss-reactive ketones (excluding diaryl/α,β-unsaturated/α-hetero) is 1. The van der Waals surface area contributed by atoms with Crippen LogP contribution < -0.4 is 0 Å². The number of carbonyl (C=O) groups is 1. The molecule has 0 spiro atoms. The van der Waals surface area contributed by atoms with Crippen molar-refractivity contribution in [2.24, 2.45) is 5.11 Å². The number of halogens is 1. The third kappa shape index (κ3) is 2.36. The SMILES string of the molecule is CC(N=N)C(=O)c1ccc(Cl)cc1. The zero-order valence-corrected chi connectivity index (χ0v) is 7.88. The minimum absolute atomic E-state index is 0.160. The number of ketones is 1. The van der Waals surface area contributed by atoms with E-state index in [0.717, 1.165) is 0 Å². The Morgan fingerprint density at radius 1 is 1.46 bits per heavy atom. The molecular weight excluding hydrogens is 188 g/mol. The topological polar surface area (TPSA) is 53.3 Å². The smallest absolute Gasteiger partial charge is 0.188 e. The van der Waals surface area contributed by atoms with E-state index in [-0.39, 0.29) is 5.78 Å². The Hall–Kier alpha value is -1.22. The number of rotatable bonds is 3. The van der Waals surface area contributed by atoms with Crippen molar-refractivity contribution in [1.82, 2.24) is 0 Å². The van der Waals surface area contributed by atoms with Crippen LogP contribution in [0, 0.1) is 5.53 Å². The molecule has 3 nitrogen and oxygen atoms in total. The molecule has 0 amide bonds. The first-order valence-corrected chi connectivity index (χ1v) is 4.19. The fraction of sp³-hybridized carbons (Fsp3) is 0.222. The molecular formula is C9H9ClN2O. The second-order valence-corrected chi connectivity index (χ2v) is 3.11. The molecule has 1 atom stereocenters. The quantitative estimate of drug-likeness (QED) is 0.587. The van der Waals surface area contributed by atoms with E-state index < -0.39 is 6.04 Å². The van der Waals surface area contributed by atoms with Crippen LogP contribution in [0.3, 0.4) is 0 Å². The molecule has 0 aliphatic rings. The fourth-order valence-corrected chi connectivity index (χ4v) is 1.04. The Balaban J connectivity index is 2.89. The van der Waals surface area contributed by atoms with Crippen molar-refractivity contribution < 1.29 is 4.79 Å². The largest absolute Gasteiger partial charge is 0.292 e. The lowest BCUT2D eigenvalue weighted by molar-refractivity contribution is 0.0965. The molecule has 0 bridgehead atoms. The number of carbonyl (C=O) groups excluding carboxylic acids is 1. The zero-order chi connectivity index (χ0) is 9.84. The summed E-state index contributed by atoms with van der Waals surface area (Å²) in [7, 11) is 0. The summed E-state index contributed by atoms with van der Waals surface area (Å²) < 4.78 is 0. The summed E-state index contributed by atoms with van der Waals surface area (Å²) in [5.74, 6) is -0.160. The van der Waals surface area contributed by atoms with Gasteiger partial charge in [-0.25, -0.2) is 5.53 Å². The van der Waals surface area contributed by atoms with E-state index in [1.807, 2.05) is 0 Å². The van der Waals surface area contributed by atoms with E-state index in [9.17, 15) is 4.79 Å². The van der Waals surface area contributed by atoms with Gasteiger partial charge < -0.3 is 0 Å². The van der Waals surface area contributed by atoms with Gasteiger partial charge in [-0.3, -0.25) is 4.79 Å². The van der Waals surface area contributed by atoms with Gasteiger partial charge in [0.05, 0.1) is 0 Å². The molecule has 68 valence electrons. The second-order valence-electron chi connectivity index (χ2n) is 2.68. The molecule has 0 radical (unpaired) electrons. The third-order valence-corrected chi connectivity index (χ3v) is 1.95. The Kier molecular flexibility index (Phi) is 3.14. The Bertz CT molecular complexity index is 321. The van der Waals surface area contributed by atoms with Gasteiger partial charge in [-0.2, -0.15) is 5.11 Å². The molecule has 1 aromatic rings. The van der Waals surface area contributed by atoms with E-state index in [0.29, 0.717) is 10.6 Å². The molecule has 0 fully saturated rings. The van der Waals surface area contributed by atoms with Crippen LogP contribution in [0.4, 0.5) is 0 Å². The molecule has 1 aromatic carbocycles. The number of hydrogen-bond donors (Lipinski definition) is 1. The monoisotopic (exact) mass is 196 g/mol. The normalized spacial score (nSPS) is 12.2. The van der Waals surface area contributed by atoms with Gasteiger partial charge >= 0.3 is 0 Å². The predicted octanol–water partition coefficient (Wildman–Crippen LogP) is 2.94. The van der Waals surface area contributed by atoms with Gasteiger partial charge in [-0.05, 0) is 31.2 Å². The highest BCUT2D eigenvalue weighted by atomic mass is 35.5. The molecule has 0 saturated heterocycles. The summed E-state index contributed by atoms with van der Waals surface area (Å²) in [6.07, 6.45) is 0. The van der Waals surface area contributed by atoms with E-state index >= 15 is 0 Å². The number of hydrogen-bond acceptors (Lipinski definition) is 3. The second kappa shape index (κ2) is 4.14. The molecule has 1 rings (SSSR count). The number of nitrogens with zero attached hydrogens (tertiary/aromatic N) is 1. The summed E-state index contributed by atoms with van der Waals surface area (Å²) in [5.41, 5.74) is 7.24. The van der Waals surface area contributed by atoms with Gasteiger partial charge in [0.25, 0.3) is 0 Å². The van der Waals surface area contributed by atoms with Crippen molar-refractivity contribution in [1.29, 1.82) is 5.53 Å². The average molecular weight is 197 g/mol. The van der Waals surface area contributed by atoms with Gasteiger partial charge in [0.15, 0.2) is 5.78 Å². The summed E-state index contributed by atoms with van der Waals surface area (Å²) in [6, 6.07) is 5.94. The summed E-state index contributed by atoms with van der Waals surface area (Å²) in [6.45, 7) is 1.59. The van der Waals surface area contributed by atoms with Gasteiger partial charge in [0, 0.05) is 10.6 Å². The van der Waals surface area contributed by atoms with Crippen molar-refractivity contribution in [3.8, 4) is 0 Å². The van der Waals surface area contributed by atoms with Gasteiger partial charge in [-0.1, -0.05) is 11.6 Å². The lowest BCUT2D eigenvalue weighted by Crippen LogP contribution is -2.13. The van der Waals surface area contributed by atoms with Crippen molar-refractivity contribution in [2.45, 2.75) is 13.0 Å². The van der Waals surface area contributed by atoms with Crippen molar-refractivity contribution in [3.05, 3.63) is 34.9 Å². The predicted molar refractivity (Wildman–Crippen MR) is 50.4 cm³/mol. The average Bonchev–Trinajstić information content (AvgIpc) is 2.17. The van der Waals surface area contributed by atoms with Crippen LogP contribution in [0.15, 0.2) is 29.4 Å². The molecule has 0 heterocycles. The molecule has 1 unspecified atom stereocenters. The van der Waals surface area contributed by atoms with E-state index in [2.05, 4.69) is 5.11 Å². The first-order valence-electron chi connectivity index (χ1n) is 3.81. The highest BCUT2D eigenvalue weighted by Gasteiger charge is 2.13. The first-order chi connectivity index (χ1) is 6.15. The maximum Gasteiger partial charge on any atom is 0.188 e. The highest BCUT2D eigenvalue weighted by molar-refractivity contribution is 6.30. The molecule has 0 aliphatic heterocycles. The maximum atomic E-state index is 11.4. The highest BCUT2D eigenvalue weighted by Crippen LogP contribution is 2.11. The first kappa shape index (κ1) is 9.86. The molecule has 0 aromatic heterocycles. The van der Waals surface area contributed by atoms with E-state index in [1.165, 1.54) is 0 Å². The molecule has 4 heteroatoms. The standard InChI is InChI=1S/C9H9ClN2O/c1-6(12-11)9(13)7-2-4-8(10)5-3-7/h2-6,11H,1H3. The van der Waals surface area contributed by atoms with Crippen LogP contribution in [0.1, 0.15) is 17.3 Å². The minimum Gasteiger partial charge on any atom is -0.292 e. The van der Waals surface area contributed by atoms with Crippen molar-refractivity contribution in [2.75, 3.05) is 0 Å². The third-order valence-electron chi connectivity index (χ3n) is 1.70. The van der Waals surface area contributed by atoms with E-state index in [1.54, 1.807) is 31.2 Å². The molecule has 1 N–H and O–H groups in total. The van der Waals surface area contributed by atoms with Crippen LogP contribution >= 0.6 is 11.6 Å². The molecule has 0 saturated carbocycles. The van der Waals surface area contributed by atoms with Crippen LogP contribution in [-0.4, -0.2) is 11.8 Å². The zero-order valence-electron chi connectivity index (χ0n) is 7.12. The van der Waals surface area contributed by atoms with Gasteiger partial charge in [0.1, 0.15) is 6.04 Å². The number of benzene rings is 1. The summed E-state index contributed by atoms with van der Waals surface area (Å²) >= 11 is 5.66. The van der Waals surface area contributed by atoms with Crippen LogP contribution in [0.2, 0.25) is 5.02 Å². The van der Waals surface area contributed by atoms with Crippen molar-refractivity contribution >= 4 is 17.4 Å². The van der Waals surface area contributed by atoms with Crippen molar-refractivity contribution in [3.63, 3.8) is 0 Å². The lowest BCUT2D eigenvalue weighted by atomic mass is 10.1. The van der Waals surface area contributed by atoms with Crippen LogP contribution in [0.5, 0.6) is 0 Å². The van der Waals surface area contributed by atoms with Gasteiger partial charge in [0.2, 0.25) is 0 Å². The summed E-state index contributed by atoms with van der Waals surface area (Å²) in [4.78, 5) is 11.4. The maximum absolute atomic E-state index is 11.4. The number of nitrogens with one attached hydrogen (secondary N) is 1. The Labute approximate surface area is 81.2 Å². The molecule has 0 aliphatic carbocycles. The van der Waals surface area contributed by atoms with Gasteiger partial charge in [-0.15, -0.1) is 0 Å². The fourth-order valence-electron chi connectivity index (χ4n) is 0.914. The Morgan fingerprint density at radius 2 is 2.00 bits per heavy atom. The Morgan fingerprint density at radius 3 is 2.46 bits per heavy atom. The lowest BCUT2D eigenvalue weighted by Gasteiger charge is -2.02.